The topological polar surface area (TPSA) is 92.7 Å². The van der Waals surface area contributed by atoms with Gasteiger partial charge in [0, 0.05) is 13.0 Å². The summed E-state index contributed by atoms with van der Waals surface area (Å²) in [6, 6.07) is 1.20. The van der Waals surface area contributed by atoms with E-state index in [1.54, 1.807) is 28.6 Å². The van der Waals surface area contributed by atoms with E-state index in [1.807, 2.05) is 0 Å². The second-order valence-corrected chi connectivity index (χ2v) is 6.90. The number of anilines is 2. The number of nitrogens with one attached hydrogen (secondary N) is 1. The molecule has 25 heavy (non-hydrogen) atoms. The van der Waals surface area contributed by atoms with Gasteiger partial charge in [0.15, 0.2) is 0 Å². The van der Waals surface area contributed by atoms with Crippen molar-refractivity contribution in [2.45, 2.75) is 45.3 Å². The van der Waals surface area contributed by atoms with E-state index in [0.717, 1.165) is 6.42 Å². The fraction of sp³-hybridized carbons (Fsp3) is 0.471. The third-order valence-corrected chi connectivity index (χ3v) is 4.66. The summed E-state index contributed by atoms with van der Waals surface area (Å²) in [6.07, 6.45) is 4.40. The van der Waals surface area contributed by atoms with Gasteiger partial charge in [0.25, 0.3) is 5.91 Å². The summed E-state index contributed by atoms with van der Waals surface area (Å²) in [5.74, 6) is -0.597. The summed E-state index contributed by atoms with van der Waals surface area (Å²) in [5.41, 5.74) is 5.82. The monoisotopic (exact) mass is 347 g/mol. The zero-order chi connectivity index (χ0) is 18.4. The van der Waals surface area contributed by atoms with E-state index in [1.165, 1.54) is 20.0 Å². The molecule has 2 amide bonds. The van der Waals surface area contributed by atoms with E-state index in [2.05, 4.69) is 10.4 Å². The van der Waals surface area contributed by atoms with Crippen molar-refractivity contribution in [2.75, 3.05) is 16.8 Å². The Bertz CT molecular complexity index is 839. The molecule has 0 spiro atoms. The van der Waals surface area contributed by atoms with Crippen molar-refractivity contribution in [1.29, 1.82) is 0 Å². The Hall–Kier alpha value is -2.64. The lowest BCUT2D eigenvalue weighted by molar-refractivity contribution is -0.117. The van der Waals surface area contributed by atoms with Crippen molar-refractivity contribution in [3.8, 4) is 0 Å². The molecule has 3 heterocycles. The van der Waals surface area contributed by atoms with Gasteiger partial charge >= 0.3 is 0 Å². The number of carbonyl (C=O) groups excluding carboxylic acids is 2. The number of halogens is 1. The summed E-state index contributed by atoms with van der Waals surface area (Å²) in [7, 11) is 0. The fourth-order valence-corrected chi connectivity index (χ4v) is 2.84. The molecule has 1 aliphatic heterocycles. The number of hydrogen-bond acceptors (Lipinski definition) is 4. The van der Waals surface area contributed by atoms with Crippen LogP contribution in [0.5, 0.6) is 0 Å². The standard InChI is InChI=1S/C17H22FN5O2/c1-10(17(2,3)18)21-15-12(16(19)25)8-20-23-9-11(7-13(15)23)22-6-4-5-14(22)24/h7-10,21H,4-6H2,1-3H3,(H2,19,25)/t10-/m1/s1. The number of alkyl halides is 1. The highest BCUT2D eigenvalue weighted by atomic mass is 19.1. The molecule has 3 N–H and O–H groups in total. The first kappa shape index (κ1) is 17.2. The summed E-state index contributed by atoms with van der Waals surface area (Å²) < 4.78 is 15.8. The largest absolute Gasteiger partial charge is 0.377 e. The molecule has 0 saturated carbocycles. The minimum atomic E-state index is -1.50. The number of hydrogen-bond donors (Lipinski definition) is 2. The van der Waals surface area contributed by atoms with E-state index in [0.29, 0.717) is 29.9 Å². The molecule has 1 fully saturated rings. The number of nitrogens with zero attached hydrogens (tertiary/aromatic N) is 3. The number of fused-ring (bicyclic) bond motifs is 1. The summed E-state index contributed by atoms with van der Waals surface area (Å²) in [4.78, 5) is 25.4. The van der Waals surface area contributed by atoms with Crippen molar-refractivity contribution in [2.24, 2.45) is 5.73 Å². The van der Waals surface area contributed by atoms with Gasteiger partial charge < -0.3 is 16.0 Å². The Labute approximate surface area is 145 Å². The highest BCUT2D eigenvalue weighted by Crippen LogP contribution is 2.31. The van der Waals surface area contributed by atoms with E-state index in [-0.39, 0.29) is 11.5 Å². The van der Waals surface area contributed by atoms with Crippen LogP contribution in [-0.4, -0.2) is 39.7 Å². The molecule has 1 atom stereocenters. The van der Waals surface area contributed by atoms with Crippen LogP contribution < -0.4 is 16.0 Å². The molecule has 1 aliphatic rings. The van der Waals surface area contributed by atoms with Crippen molar-refractivity contribution < 1.29 is 14.0 Å². The molecule has 0 aliphatic carbocycles. The molecule has 0 radical (unpaired) electrons. The van der Waals surface area contributed by atoms with Gasteiger partial charge in [-0.2, -0.15) is 5.10 Å². The number of aromatic nitrogens is 2. The zero-order valence-corrected chi connectivity index (χ0v) is 14.5. The van der Waals surface area contributed by atoms with Crippen LogP contribution in [0.25, 0.3) is 5.52 Å². The smallest absolute Gasteiger partial charge is 0.252 e. The Kier molecular flexibility index (Phi) is 4.14. The lowest BCUT2D eigenvalue weighted by Crippen LogP contribution is -2.36. The minimum absolute atomic E-state index is 0.0544. The molecule has 0 aromatic carbocycles. The second kappa shape index (κ2) is 6.02. The number of carbonyl (C=O) groups is 2. The van der Waals surface area contributed by atoms with E-state index >= 15 is 0 Å². The number of primary amides is 1. The van der Waals surface area contributed by atoms with Crippen molar-refractivity contribution >= 4 is 28.7 Å². The van der Waals surface area contributed by atoms with Crippen LogP contribution >= 0.6 is 0 Å². The van der Waals surface area contributed by atoms with Gasteiger partial charge in [0.1, 0.15) is 5.67 Å². The Morgan fingerprint density at radius 3 is 2.76 bits per heavy atom. The predicted molar refractivity (Wildman–Crippen MR) is 93.6 cm³/mol. The maximum absolute atomic E-state index is 14.2. The van der Waals surface area contributed by atoms with E-state index in [9.17, 15) is 14.0 Å². The van der Waals surface area contributed by atoms with Crippen LogP contribution in [0.15, 0.2) is 18.5 Å². The van der Waals surface area contributed by atoms with Gasteiger partial charge in [-0.15, -0.1) is 0 Å². The highest BCUT2D eigenvalue weighted by Gasteiger charge is 2.28. The van der Waals surface area contributed by atoms with Gasteiger partial charge in [-0.05, 0) is 33.3 Å². The third kappa shape index (κ3) is 3.16. The Morgan fingerprint density at radius 2 is 2.20 bits per heavy atom. The molecule has 0 unspecified atom stereocenters. The molecule has 2 aromatic heterocycles. The molecule has 134 valence electrons. The molecule has 0 bridgehead atoms. The molecule has 3 rings (SSSR count). The number of nitrogens with two attached hydrogens (primary N) is 1. The maximum atomic E-state index is 14.2. The molecular formula is C17H22FN5O2. The van der Waals surface area contributed by atoms with Crippen LogP contribution in [-0.2, 0) is 4.79 Å². The number of amides is 2. The fourth-order valence-electron chi connectivity index (χ4n) is 2.84. The summed E-state index contributed by atoms with van der Waals surface area (Å²) in [6.45, 7) is 5.25. The summed E-state index contributed by atoms with van der Waals surface area (Å²) in [5, 5.41) is 7.24. The number of rotatable bonds is 5. The van der Waals surface area contributed by atoms with Crippen LogP contribution in [0.4, 0.5) is 15.8 Å². The first-order valence-electron chi connectivity index (χ1n) is 8.25. The van der Waals surface area contributed by atoms with E-state index in [4.69, 9.17) is 5.73 Å². The minimum Gasteiger partial charge on any atom is -0.377 e. The van der Waals surface area contributed by atoms with Gasteiger partial charge in [0.2, 0.25) is 5.91 Å². The average molecular weight is 347 g/mol. The van der Waals surface area contributed by atoms with Gasteiger partial charge in [0.05, 0.1) is 40.9 Å². The molecule has 2 aromatic rings. The maximum Gasteiger partial charge on any atom is 0.252 e. The van der Waals surface area contributed by atoms with Gasteiger partial charge in [-0.1, -0.05) is 0 Å². The molecule has 7 nitrogen and oxygen atoms in total. The van der Waals surface area contributed by atoms with Crippen LogP contribution in [0.1, 0.15) is 44.0 Å². The van der Waals surface area contributed by atoms with Crippen molar-refractivity contribution in [3.63, 3.8) is 0 Å². The Morgan fingerprint density at radius 1 is 1.48 bits per heavy atom. The second-order valence-electron chi connectivity index (χ2n) is 6.90. The molecule has 8 heteroatoms. The van der Waals surface area contributed by atoms with Crippen LogP contribution in [0.2, 0.25) is 0 Å². The van der Waals surface area contributed by atoms with Gasteiger partial charge in [-0.3, -0.25) is 9.59 Å². The third-order valence-electron chi connectivity index (χ3n) is 4.66. The van der Waals surface area contributed by atoms with Gasteiger partial charge in [-0.25, -0.2) is 8.91 Å². The van der Waals surface area contributed by atoms with Crippen molar-refractivity contribution in [3.05, 3.63) is 24.0 Å². The SMILES string of the molecule is C[C@@H](Nc1c(C(N)=O)cnn2cc(N3CCCC3=O)cc12)C(C)(C)F. The predicted octanol–water partition coefficient (Wildman–Crippen LogP) is 2.11. The van der Waals surface area contributed by atoms with E-state index < -0.39 is 17.6 Å². The zero-order valence-electron chi connectivity index (χ0n) is 14.5. The van der Waals surface area contributed by atoms with Crippen LogP contribution in [0.3, 0.4) is 0 Å². The average Bonchev–Trinajstić information content (AvgIpc) is 3.11. The first-order valence-corrected chi connectivity index (χ1v) is 8.25. The molecular weight excluding hydrogens is 325 g/mol. The lowest BCUT2D eigenvalue weighted by Gasteiger charge is -2.26. The first-order chi connectivity index (χ1) is 11.7. The summed E-state index contributed by atoms with van der Waals surface area (Å²) >= 11 is 0. The van der Waals surface area contributed by atoms with Crippen LogP contribution in [0, 0.1) is 0 Å². The molecule has 1 saturated heterocycles. The Balaban J connectivity index is 2.10. The van der Waals surface area contributed by atoms with Crippen molar-refractivity contribution in [1.82, 2.24) is 9.61 Å². The quantitative estimate of drug-likeness (QED) is 0.866. The highest BCUT2D eigenvalue weighted by molar-refractivity contribution is 6.03. The normalized spacial score (nSPS) is 16.5. The lowest BCUT2D eigenvalue weighted by atomic mass is 10.0.